The Bertz CT molecular complexity index is 906. The van der Waals surface area contributed by atoms with Crippen LogP contribution in [0.25, 0.3) is 6.08 Å². The molecule has 128 valence electrons. The standard InChI is InChI=1S/C18H13Cl2NO4/c1-23-11-6-7-15(24-2)10(8-11)9-14-18(22)25-17(21-14)12-4-3-5-13(19)16(12)20/h3-9H,1-2H3/b14-9+. The summed E-state index contributed by atoms with van der Waals surface area (Å²) in [6.07, 6.45) is 1.56. The number of esters is 1. The second-order valence-corrected chi connectivity index (χ2v) is 5.83. The zero-order chi connectivity index (χ0) is 18.0. The molecule has 0 unspecified atom stereocenters. The van der Waals surface area contributed by atoms with Gasteiger partial charge in [0.25, 0.3) is 0 Å². The summed E-state index contributed by atoms with van der Waals surface area (Å²) >= 11 is 12.2. The molecule has 0 amide bonds. The Morgan fingerprint density at radius 3 is 2.64 bits per heavy atom. The van der Waals surface area contributed by atoms with Gasteiger partial charge in [-0.3, -0.25) is 0 Å². The van der Waals surface area contributed by atoms with Gasteiger partial charge in [0.15, 0.2) is 5.70 Å². The van der Waals surface area contributed by atoms with Crippen molar-refractivity contribution in [2.24, 2.45) is 4.99 Å². The second kappa shape index (κ2) is 7.17. The average molecular weight is 378 g/mol. The van der Waals surface area contributed by atoms with Gasteiger partial charge >= 0.3 is 5.97 Å². The number of halogens is 2. The smallest absolute Gasteiger partial charge is 0.363 e. The predicted octanol–water partition coefficient (Wildman–Crippen LogP) is 4.36. The molecule has 0 saturated carbocycles. The van der Waals surface area contributed by atoms with Crippen LogP contribution < -0.4 is 9.47 Å². The van der Waals surface area contributed by atoms with E-state index in [2.05, 4.69) is 4.99 Å². The normalized spacial score (nSPS) is 15.1. The van der Waals surface area contributed by atoms with Crippen molar-refractivity contribution >= 4 is 41.1 Å². The lowest BCUT2D eigenvalue weighted by Crippen LogP contribution is -2.06. The first kappa shape index (κ1) is 17.3. The highest BCUT2D eigenvalue weighted by atomic mass is 35.5. The van der Waals surface area contributed by atoms with Crippen molar-refractivity contribution in [3.8, 4) is 11.5 Å². The number of ether oxygens (including phenoxy) is 3. The number of rotatable bonds is 4. The molecule has 0 atom stereocenters. The molecule has 1 aliphatic heterocycles. The third-order valence-electron chi connectivity index (χ3n) is 3.53. The topological polar surface area (TPSA) is 57.1 Å². The molecule has 0 N–H and O–H groups in total. The van der Waals surface area contributed by atoms with Crippen LogP contribution in [0.4, 0.5) is 0 Å². The first-order valence-electron chi connectivity index (χ1n) is 7.22. The summed E-state index contributed by atoms with van der Waals surface area (Å²) in [5, 5.41) is 0.626. The Hall–Kier alpha value is -2.50. The van der Waals surface area contributed by atoms with Crippen molar-refractivity contribution < 1.29 is 19.0 Å². The van der Waals surface area contributed by atoms with E-state index in [-0.39, 0.29) is 16.6 Å². The number of nitrogens with zero attached hydrogens (tertiary/aromatic N) is 1. The maximum absolute atomic E-state index is 12.2. The summed E-state index contributed by atoms with van der Waals surface area (Å²) in [5.41, 5.74) is 1.21. The van der Waals surface area contributed by atoms with Crippen molar-refractivity contribution in [3.63, 3.8) is 0 Å². The van der Waals surface area contributed by atoms with E-state index in [1.165, 1.54) is 7.11 Å². The molecule has 2 aromatic carbocycles. The molecule has 1 heterocycles. The lowest BCUT2D eigenvalue weighted by Gasteiger charge is -2.07. The van der Waals surface area contributed by atoms with Gasteiger partial charge in [0.05, 0.1) is 29.8 Å². The maximum atomic E-state index is 12.2. The minimum absolute atomic E-state index is 0.102. The molecule has 2 aromatic rings. The van der Waals surface area contributed by atoms with Gasteiger partial charge in [0.2, 0.25) is 5.90 Å². The quantitative estimate of drug-likeness (QED) is 0.586. The van der Waals surface area contributed by atoms with Crippen LogP contribution >= 0.6 is 23.2 Å². The number of aliphatic imine (C=N–C) groups is 1. The fourth-order valence-corrected chi connectivity index (χ4v) is 2.67. The molecule has 5 nitrogen and oxygen atoms in total. The summed E-state index contributed by atoms with van der Waals surface area (Å²) < 4.78 is 15.7. The van der Waals surface area contributed by atoms with Crippen LogP contribution in [0.1, 0.15) is 11.1 Å². The van der Waals surface area contributed by atoms with Crippen molar-refractivity contribution in [3.05, 3.63) is 63.3 Å². The Morgan fingerprint density at radius 2 is 1.92 bits per heavy atom. The molecule has 0 aromatic heterocycles. The van der Waals surface area contributed by atoms with Crippen LogP contribution in [0, 0.1) is 0 Å². The zero-order valence-electron chi connectivity index (χ0n) is 13.4. The molecule has 1 aliphatic rings. The van der Waals surface area contributed by atoms with Crippen molar-refractivity contribution in [1.82, 2.24) is 0 Å². The number of benzene rings is 2. The molecule has 0 fully saturated rings. The van der Waals surface area contributed by atoms with E-state index in [0.29, 0.717) is 27.6 Å². The molecule has 0 spiro atoms. The van der Waals surface area contributed by atoms with Gasteiger partial charge in [-0.1, -0.05) is 29.3 Å². The largest absolute Gasteiger partial charge is 0.497 e. The second-order valence-electron chi connectivity index (χ2n) is 5.05. The summed E-state index contributed by atoms with van der Waals surface area (Å²) in [7, 11) is 3.09. The number of methoxy groups -OCH3 is 2. The average Bonchev–Trinajstić information content (AvgIpc) is 2.97. The lowest BCUT2D eigenvalue weighted by atomic mass is 10.1. The van der Waals surface area contributed by atoms with E-state index in [4.69, 9.17) is 37.4 Å². The Balaban J connectivity index is 2.03. The molecule has 25 heavy (non-hydrogen) atoms. The molecular formula is C18H13Cl2NO4. The summed E-state index contributed by atoms with van der Waals surface area (Å²) in [6, 6.07) is 10.3. The Labute approximate surface area is 154 Å². The van der Waals surface area contributed by atoms with E-state index in [9.17, 15) is 4.79 Å². The molecule has 3 rings (SSSR count). The summed E-state index contributed by atoms with van der Waals surface area (Å²) in [5.74, 6) is 0.716. The number of carbonyl (C=O) groups excluding carboxylic acids is 1. The van der Waals surface area contributed by atoms with Gasteiger partial charge in [-0.2, -0.15) is 0 Å². The van der Waals surface area contributed by atoms with E-state index < -0.39 is 5.97 Å². The predicted molar refractivity (Wildman–Crippen MR) is 96.6 cm³/mol. The van der Waals surface area contributed by atoms with Crippen LogP contribution in [0.3, 0.4) is 0 Å². The first-order valence-corrected chi connectivity index (χ1v) is 7.98. The summed E-state index contributed by atoms with van der Waals surface area (Å²) in [6.45, 7) is 0. The van der Waals surface area contributed by atoms with Gasteiger partial charge in [-0.25, -0.2) is 9.79 Å². The van der Waals surface area contributed by atoms with Crippen LogP contribution in [-0.2, 0) is 9.53 Å². The van der Waals surface area contributed by atoms with Gasteiger partial charge < -0.3 is 14.2 Å². The van der Waals surface area contributed by atoms with Gasteiger partial charge in [-0.05, 0) is 36.4 Å². The Kier molecular flexibility index (Phi) is 4.97. The van der Waals surface area contributed by atoms with Crippen molar-refractivity contribution in [2.75, 3.05) is 14.2 Å². The molecule has 0 aliphatic carbocycles. The molecule has 0 bridgehead atoms. The van der Waals surface area contributed by atoms with Crippen molar-refractivity contribution in [1.29, 1.82) is 0 Å². The third kappa shape index (κ3) is 3.48. The molecule has 7 heteroatoms. The minimum atomic E-state index is -0.587. The van der Waals surface area contributed by atoms with E-state index in [0.717, 1.165) is 0 Å². The number of cyclic esters (lactones) is 1. The highest BCUT2D eigenvalue weighted by Crippen LogP contribution is 2.31. The Morgan fingerprint density at radius 1 is 1.12 bits per heavy atom. The first-order chi connectivity index (χ1) is 12.0. The fourth-order valence-electron chi connectivity index (χ4n) is 2.29. The number of hydrogen-bond acceptors (Lipinski definition) is 5. The van der Waals surface area contributed by atoms with Crippen LogP contribution in [0.2, 0.25) is 10.0 Å². The maximum Gasteiger partial charge on any atom is 0.363 e. The lowest BCUT2D eigenvalue weighted by molar-refractivity contribution is -0.129. The number of hydrogen-bond donors (Lipinski definition) is 0. The molecule has 0 saturated heterocycles. The fraction of sp³-hybridized carbons (Fsp3) is 0.111. The van der Waals surface area contributed by atoms with E-state index in [1.54, 1.807) is 49.6 Å². The molecule has 0 radical (unpaired) electrons. The SMILES string of the molecule is COc1ccc(OC)c(/C=C2/N=C(c3cccc(Cl)c3Cl)OC2=O)c1. The number of carbonyl (C=O) groups is 1. The van der Waals surface area contributed by atoms with Crippen LogP contribution in [0.15, 0.2) is 47.1 Å². The third-order valence-corrected chi connectivity index (χ3v) is 4.35. The van der Waals surface area contributed by atoms with Gasteiger partial charge in [-0.15, -0.1) is 0 Å². The monoisotopic (exact) mass is 377 g/mol. The minimum Gasteiger partial charge on any atom is -0.497 e. The van der Waals surface area contributed by atoms with Gasteiger partial charge in [0, 0.05) is 5.56 Å². The van der Waals surface area contributed by atoms with Crippen molar-refractivity contribution in [2.45, 2.75) is 0 Å². The van der Waals surface area contributed by atoms with Crippen LogP contribution in [-0.4, -0.2) is 26.1 Å². The van der Waals surface area contributed by atoms with E-state index in [1.807, 2.05) is 0 Å². The zero-order valence-corrected chi connectivity index (χ0v) is 14.9. The summed E-state index contributed by atoms with van der Waals surface area (Å²) in [4.78, 5) is 16.4. The van der Waals surface area contributed by atoms with Crippen LogP contribution in [0.5, 0.6) is 11.5 Å². The molecular weight excluding hydrogens is 365 g/mol. The van der Waals surface area contributed by atoms with Gasteiger partial charge in [0.1, 0.15) is 11.5 Å². The van der Waals surface area contributed by atoms with E-state index >= 15 is 0 Å². The highest BCUT2D eigenvalue weighted by molar-refractivity contribution is 6.44. The highest BCUT2D eigenvalue weighted by Gasteiger charge is 2.26.